The van der Waals surface area contributed by atoms with Gasteiger partial charge in [-0.05, 0) is 82.9 Å². The van der Waals surface area contributed by atoms with Crippen LogP contribution >= 0.6 is 0 Å². The second-order valence-corrected chi connectivity index (χ2v) is 13.5. The van der Waals surface area contributed by atoms with Gasteiger partial charge in [-0.15, -0.1) is 0 Å². The molecule has 2 aromatic heterocycles. The summed E-state index contributed by atoms with van der Waals surface area (Å²) < 4.78 is 16.0. The Balaban J connectivity index is 1.17. The van der Waals surface area contributed by atoms with E-state index in [4.69, 9.17) is 9.47 Å². The third kappa shape index (κ3) is 4.00. The number of para-hydroxylation sites is 4. The summed E-state index contributed by atoms with van der Waals surface area (Å²) >= 11 is 0. The molecule has 0 saturated heterocycles. The highest BCUT2D eigenvalue weighted by molar-refractivity contribution is 6.15. The Morgan fingerprint density at radius 1 is 0.423 bits per heavy atom. The highest BCUT2D eigenvalue weighted by atomic mass is 16.5. The van der Waals surface area contributed by atoms with E-state index in [0.29, 0.717) is 0 Å². The van der Waals surface area contributed by atoms with Gasteiger partial charge in [0.15, 0.2) is 0 Å². The highest BCUT2D eigenvalue weighted by Gasteiger charge is 2.50. The molecule has 0 fully saturated rings. The fourth-order valence-corrected chi connectivity index (χ4v) is 8.68. The van der Waals surface area contributed by atoms with Gasteiger partial charge in [0.25, 0.3) is 0 Å². The SMILES string of the molecule is c1ccc(-n2c3ccccc3c3c(-c4ccc5c(c4)Oc4ccccc4C54c5ccccc5Oc5cc(-c6ccncc6)ccc54)cccc32)cc1. The molecule has 52 heavy (non-hydrogen) atoms. The van der Waals surface area contributed by atoms with Crippen LogP contribution in [-0.4, -0.2) is 9.55 Å². The predicted molar refractivity (Wildman–Crippen MR) is 208 cm³/mol. The molecule has 0 aliphatic carbocycles. The summed E-state index contributed by atoms with van der Waals surface area (Å²) in [5.41, 5.74) is 11.6. The Bertz CT molecular complexity index is 2850. The largest absolute Gasteiger partial charge is 0.457 e. The molecule has 4 heterocycles. The maximum Gasteiger partial charge on any atom is 0.132 e. The molecule has 0 amide bonds. The van der Waals surface area contributed by atoms with Crippen molar-refractivity contribution in [2.75, 3.05) is 0 Å². The molecule has 11 rings (SSSR count). The van der Waals surface area contributed by atoms with Crippen LogP contribution in [0.15, 0.2) is 182 Å². The smallest absolute Gasteiger partial charge is 0.132 e. The Hall–Kier alpha value is -6.91. The molecule has 0 radical (unpaired) electrons. The normalized spacial score (nSPS) is 15.3. The van der Waals surface area contributed by atoms with Gasteiger partial charge in [-0.1, -0.05) is 109 Å². The Labute approximate surface area is 300 Å². The van der Waals surface area contributed by atoms with Gasteiger partial charge in [0.2, 0.25) is 0 Å². The fraction of sp³-hybridized carbons (Fsp3) is 0.0208. The molecule has 1 atom stereocenters. The zero-order chi connectivity index (χ0) is 34.2. The summed E-state index contributed by atoms with van der Waals surface area (Å²) in [7, 11) is 0. The molecule has 0 N–H and O–H groups in total. The van der Waals surface area contributed by atoms with Crippen molar-refractivity contribution in [3.8, 4) is 50.9 Å². The summed E-state index contributed by atoms with van der Waals surface area (Å²) in [6, 6.07) is 60.3. The van der Waals surface area contributed by atoms with Crippen LogP contribution in [0.3, 0.4) is 0 Å². The molecule has 0 saturated carbocycles. The van der Waals surface area contributed by atoms with Crippen molar-refractivity contribution in [3.63, 3.8) is 0 Å². The number of ether oxygens (including phenoxy) is 2. The fourth-order valence-electron chi connectivity index (χ4n) is 8.68. The van der Waals surface area contributed by atoms with Gasteiger partial charge >= 0.3 is 0 Å². The lowest BCUT2D eigenvalue weighted by molar-refractivity contribution is 0.399. The zero-order valence-corrected chi connectivity index (χ0v) is 28.0. The van der Waals surface area contributed by atoms with E-state index in [1.54, 1.807) is 0 Å². The summed E-state index contributed by atoms with van der Waals surface area (Å²) in [6.45, 7) is 0. The minimum Gasteiger partial charge on any atom is -0.457 e. The van der Waals surface area contributed by atoms with Crippen molar-refractivity contribution in [1.82, 2.24) is 9.55 Å². The van der Waals surface area contributed by atoms with E-state index in [9.17, 15) is 0 Å². The van der Waals surface area contributed by atoms with Crippen LogP contribution in [0.4, 0.5) is 0 Å². The van der Waals surface area contributed by atoms with Crippen molar-refractivity contribution in [2.24, 2.45) is 0 Å². The first kappa shape index (κ1) is 28.9. The van der Waals surface area contributed by atoms with Gasteiger partial charge in [0.05, 0.1) is 16.4 Å². The molecule has 4 heteroatoms. The van der Waals surface area contributed by atoms with Crippen molar-refractivity contribution in [1.29, 1.82) is 0 Å². The summed E-state index contributed by atoms with van der Waals surface area (Å²) in [4.78, 5) is 4.24. The number of pyridine rings is 1. The van der Waals surface area contributed by atoms with Gasteiger partial charge in [-0.2, -0.15) is 0 Å². The van der Waals surface area contributed by atoms with E-state index < -0.39 is 5.41 Å². The zero-order valence-electron chi connectivity index (χ0n) is 28.0. The molecule has 9 aromatic rings. The minimum atomic E-state index is -0.668. The number of benzene rings is 7. The molecular formula is C48H30N2O2. The first-order valence-electron chi connectivity index (χ1n) is 17.6. The molecule has 7 aromatic carbocycles. The number of hydrogen-bond donors (Lipinski definition) is 0. The lowest BCUT2D eigenvalue weighted by Crippen LogP contribution is -2.36. The van der Waals surface area contributed by atoms with E-state index in [1.807, 2.05) is 30.6 Å². The second kappa shape index (κ2) is 11.0. The molecule has 2 aliphatic heterocycles. The number of nitrogens with zero attached hydrogens (tertiary/aromatic N) is 2. The van der Waals surface area contributed by atoms with Crippen LogP contribution in [-0.2, 0) is 5.41 Å². The van der Waals surface area contributed by atoms with Crippen LogP contribution in [0, 0.1) is 0 Å². The average Bonchev–Trinajstić information content (AvgIpc) is 3.56. The van der Waals surface area contributed by atoms with E-state index in [2.05, 4.69) is 161 Å². The van der Waals surface area contributed by atoms with Crippen molar-refractivity contribution in [3.05, 3.63) is 205 Å². The van der Waals surface area contributed by atoms with Crippen molar-refractivity contribution in [2.45, 2.75) is 5.41 Å². The summed E-state index contributed by atoms with van der Waals surface area (Å²) in [5.74, 6) is 3.35. The maximum absolute atomic E-state index is 6.91. The second-order valence-electron chi connectivity index (χ2n) is 13.5. The molecule has 0 bridgehead atoms. The van der Waals surface area contributed by atoms with Crippen molar-refractivity contribution >= 4 is 21.8 Å². The van der Waals surface area contributed by atoms with Gasteiger partial charge in [-0.3, -0.25) is 4.98 Å². The molecular weight excluding hydrogens is 637 g/mol. The third-order valence-corrected chi connectivity index (χ3v) is 10.8. The molecule has 2 aliphatic rings. The van der Waals surface area contributed by atoms with E-state index in [0.717, 1.165) is 73.2 Å². The minimum absolute atomic E-state index is 0.668. The Morgan fingerprint density at radius 3 is 1.73 bits per heavy atom. The van der Waals surface area contributed by atoms with E-state index >= 15 is 0 Å². The Morgan fingerprint density at radius 2 is 1.00 bits per heavy atom. The van der Waals surface area contributed by atoms with Gasteiger partial charge < -0.3 is 14.0 Å². The van der Waals surface area contributed by atoms with Crippen LogP contribution < -0.4 is 9.47 Å². The van der Waals surface area contributed by atoms with Gasteiger partial charge in [0.1, 0.15) is 23.0 Å². The number of fused-ring (bicyclic) bond motifs is 11. The van der Waals surface area contributed by atoms with Crippen LogP contribution in [0.1, 0.15) is 22.3 Å². The lowest BCUT2D eigenvalue weighted by Gasteiger charge is -2.45. The van der Waals surface area contributed by atoms with Crippen LogP contribution in [0.2, 0.25) is 0 Å². The molecule has 4 nitrogen and oxygen atoms in total. The molecule has 1 unspecified atom stereocenters. The lowest BCUT2D eigenvalue weighted by atomic mass is 9.62. The molecule has 244 valence electrons. The predicted octanol–water partition coefficient (Wildman–Crippen LogP) is 12.1. The molecule has 1 spiro atoms. The first-order chi connectivity index (χ1) is 25.8. The van der Waals surface area contributed by atoms with Crippen molar-refractivity contribution < 1.29 is 9.47 Å². The first-order valence-corrected chi connectivity index (χ1v) is 17.6. The highest BCUT2D eigenvalue weighted by Crippen LogP contribution is 2.62. The number of rotatable bonds is 3. The topological polar surface area (TPSA) is 36.3 Å². The monoisotopic (exact) mass is 666 g/mol. The number of hydrogen-bond acceptors (Lipinski definition) is 3. The standard InChI is InChI=1S/C48H30N2O2/c1-2-11-34(12-3-1)50-41-17-7-4-13-36(41)47-35(14-10-18-42(47)50)33-22-24-40-46(30-33)52-44-20-9-6-16-38(44)48(40)37-15-5-8-19-43(37)51-45-29-32(21-23-39(45)48)31-25-27-49-28-26-31/h1-30H. The van der Waals surface area contributed by atoms with E-state index in [-0.39, 0.29) is 0 Å². The van der Waals surface area contributed by atoms with Crippen LogP contribution in [0.25, 0.3) is 49.7 Å². The van der Waals surface area contributed by atoms with Gasteiger partial charge in [0, 0.05) is 51.1 Å². The summed E-state index contributed by atoms with van der Waals surface area (Å²) in [6.07, 6.45) is 3.66. The summed E-state index contributed by atoms with van der Waals surface area (Å²) in [5, 5.41) is 2.44. The van der Waals surface area contributed by atoms with E-state index in [1.165, 1.54) is 21.8 Å². The van der Waals surface area contributed by atoms with Gasteiger partial charge in [-0.25, -0.2) is 0 Å². The third-order valence-electron chi connectivity index (χ3n) is 10.8. The quantitative estimate of drug-likeness (QED) is 0.188. The maximum atomic E-state index is 6.91. The van der Waals surface area contributed by atoms with Crippen LogP contribution in [0.5, 0.6) is 23.0 Å². The number of aromatic nitrogens is 2. The Kier molecular flexibility index (Phi) is 6.13. The average molecular weight is 667 g/mol.